The molecule has 31 heavy (non-hydrogen) atoms. The van der Waals surface area contributed by atoms with Gasteiger partial charge in [-0.25, -0.2) is 12.8 Å². The van der Waals surface area contributed by atoms with E-state index in [4.69, 9.17) is 0 Å². The number of rotatable bonds is 4. The number of hydrogen-bond donors (Lipinski definition) is 1. The van der Waals surface area contributed by atoms with Crippen molar-refractivity contribution in [1.82, 2.24) is 4.31 Å². The number of piperidine rings is 1. The van der Waals surface area contributed by atoms with E-state index in [-0.39, 0.29) is 23.3 Å². The van der Waals surface area contributed by atoms with Crippen LogP contribution in [0.2, 0.25) is 0 Å². The number of halogens is 1. The summed E-state index contributed by atoms with van der Waals surface area (Å²) in [5, 5.41) is 2.94. The Morgan fingerprint density at radius 3 is 2.55 bits per heavy atom. The molecule has 2 aliphatic rings. The molecule has 0 aliphatic carbocycles. The Morgan fingerprint density at radius 1 is 1.10 bits per heavy atom. The molecule has 9 heteroatoms. The van der Waals surface area contributed by atoms with Crippen LogP contribution in [0.5, 0.6) is 0 Å². The van der Waals surface area contributed by atoms with Crippen LogP contribution in [-0.4, -0.2) is 44.2 Å². The van der Waals surface area contributed by atoms with Gasteiger partial charge in [-0.05, 0) is 55.7 Å². The third kappa shape index (κ3) is 4.20. The van der Waals surface area contributed by atoms with Crippen LogP contribution < -0.4 is 10.2 Å². The first kappa shape index (κ1) is 21.5. The largest absolute Gasteiger partial charge is 0.325 e. The summed E-state index contributed by atoms with van der Waals surface area (Å²) in [5.41, 5.74) is 2.37. The zero-order valence-corrected chi connectivity index (χ0v) is 18.0. The molecule has 2 aromatic carbocycles. The van der Waals surface area contributed by atoms with Gasteiger partial charge >= 0.3 is 0 Å². The van der Waals surface area contributed by atoms with Crippen LogP contribution in [0.3, 0.4) is 0 Å². The normalized spacial score (nSPS) is 19.2. The lowest BCUT2D eigenvalue weighted by molar-refractivity contribution is -0.121. The quantitative estimate of drug-likeness (QED) is 0.784. The van der Waals surface area contributed by atoms with E-state index in [1.165, 1.54) is 23.4 Å². The summed E-state index contributed by atoms with van der Waals surface area (Å²) in [6.07, 6.45) is 1.79. The number of fused-ring (bicyclic) bond motifs is 1. The van der Waals surface area contributed by atoms with Crippen LogP contribution in [0.15, 0.2) is 47.4 Å². The monoisotopic (exact) mass is 445 g/mol. The van der Waals surface area contributed by atoms with Crippen molar-refractivity contribution < 1.29 is 22.4 Å². The number of amides is 2. The van der Waals surface area contributed by atoms with Crippen LogP contribution in [0.1, 0.15) is 25.3 Å². The second-order valence-corrected chi connectivity index (χ2v) is 9.81. The number of carbonyl (C=O) groups excluding carboxylic acids is 2. The Bertz CT molecular complexity index is 1120. The zero-order valence-electron chi connectivity index (χ0n) is 17.2. The van der Waals surface area contributed by atoms with Gasteiger partial charge in [-0.1, -0.05) is 6.07 Å². The summed E-state index contributed by atoms with van der Waals surface area (Å²) < 4.78 is 40.3. The van der Waals surface area contributed by atoms with E-state index in [1.807, 2.05) is 6.07 Å². The first-order valence-electron chi connectivity index (χ1n) is 10.2. The fourth-order valence-corrected chi connectivity index (χ4v) is 5.77. The second-order valence-electron chi connectivity index (χ2n) is 7.87. The lowest BCUT2D eigenvalue weighted by Gasteiger charge is -2.31. The summed E-state index contributed by atoms with van der Waals surface area (Å²) in [6, 6.07) is 10.2. The van der Waals surface area contributed by atoms with E-state index in [9.17, 15) is 22.4 Å². The van der Waals surface area contributed by atoms with Crippen LogP contribution >= 0.6 is 0 Å². The predicted molar refractivity (Wildman–Crippen MR) is 115 cm³/mol. The van der Waals surface area contributed by atoms with Gasteiger partial charge in [0.05, 0.1) is 10.8 Å². The van der Waals surface area contributed by atoms with Crippen LogP contribution in [0, 0.1) is 11.7 Å². The molecule has 1 atom stereocenters. The average molecular weight is 446 g/mol. The Labute approximate surface area is 180 Å². The van der Waals surface area contributed by atoms with E-state index >= 15 is 0 Å². The number of nitrogens with zero attached hydrogens (tertiary/aromatic N) is 2. The lowest BCUT2D eigenvalue weighted by Crippen LogP contribution is -2.43. The van der Waals surface area contributed by atoms with Crippen molar-refractivity contribution in [1.29, 1.82) is 0 Å². The molecule has 0 aromatic heterocycles. The number of carbonyl (C=O) groups is 2. The molecule has 2 aromatic rings. The Hall–Kier alpha value is -2.78. The molecule has 1 N–H and O–H groups in total. The van der Waals surface area contributed by atoms with Crippen molar-refractivity contribution in [2.24, 2.45) is 5.92 Å². The van der Waals surface area contributed by atoms with Crippen molar-refractivity contribution in [3.8, 4) is 0 Å². The first-order valence-corrected chi connectivity index (χ1v) is 11.7. The molecular weight excluding hydrogens is 421 g/mol. The molecule has 1 unspecified atom stereocenters. The molecule has 2 heterocycles. The predicted octanol–water partition coefficient (Wildman–Crippen LogP) is 2.77. The molecule has 7 nitrogen and oxygen atoms in total. The number of anilines is 2. The topological polar surface area (TPSA) is 86.8 Å². The smallest absolute Gasteiger partial charge is 0.243 e. The molecule has 2 amide bonds. The molecule has 164 valence electrons. The van der Waals surface area contributed by atoms with Gasteiger partial charge in [0.1, 0.15) is 5.82 Å². The third-order valence-corrected chi connectivity index (χ3v) is 7.75. The summed E-state index contributed by atoms with van der Waals surface area (Å²) >= 11 is 0. The Morgan fingerprint density at radius 2 is 1.84 bits per heavy atom. The maximum Gasteiger partial charge on any atom is 0.243 e. The van der Waals surface area contributed by atoms with Gasteiger partial charge in [-0.2, -0.15) is 4.31 Å². The SMILES string of the molecule is CC(=O)N1CCc2c(NC(=O)C3CCCN(S(=O)(=O)c4ccc(F)cc4)C3)cccc21. The minimum Gasteiger partial charge on any atom is -0.325 e. The first-order chi connectivity index (χ1) is 14.8. The van der Waals surface area contributed by atoms with Crippen molar-refractivity contribution in [3.05, 3.63) is 53.8 Å². The number of sulfonamides is 1. The fourth-order valence-electron chi connectivity index (χ4n) is 4.24. The van der Waals surface area contributed by atoms with Crippen molar-refractivity contribution in [3.63, 3.8) is 0 Å². The molecule has 4 rings (SSSR count). The minimum absolute atomic E-state index is 0.0140. The summed E-state index contributed by atoms with van der Waals surface area (Å²) in [4.78, 5) is 26.5. The minimum atomic E-state index is -3.80. The lowest BCUT2D eigenvalue weighted by atomic mass is 9.98. The van der Waals surface area contributed by atoms with Gasteiger partial charge in [0.15, 0.2) is 0 Å². The van der Waals surface area contributed by atoms with Gasteiger partial charge in [0, 0.05) is 43.5 Å². The third-order valence-electron chi connectivity index (χ3n) is 5.87. The van der Waals surface area contributed by atoms with Crippen LogP contribution in [0.4, 0.5) is 15.8 Å². The maximum absolute atomic E-state index is 13.2. The molecule has 2 aliphatic heterocycles. The van der Waals surface area contributed by atoms with Crippen molar-refractivity contribution in [2.75, 3.05) is 29.9 Å². The molecule has 1 saturated heterocycles. The molecular formula is C22H24FN3O4S. The zero-order chi connectivity index (χ0) is 22.2. The van der Waals surface area contributed by atoms with E-state index in [0.29, 0.717) is 38.0 Å². The fraction of sp³-hybridized carbons (Fsp3) is 0.364. The van der Waals surface area contributed by atoms with Gasteiger partial charge in [0.25, 0.3) is 0 Å². The highest BCUT2D eigenvalue weighted by molar-refractivity contribution is 7.89. The molecule has 0 saturated carbocycles. The number of benzene rings is 2. The summed E-state index contributed by atoms with van der Waals surface area (Å²) in [7, 11) is -3.80. The maximum atomic E-state index is 13.2. The highest BCUT2D eigenvalue weighted by Crippen LogP contribution is 2.34. The number of nitrogens with one attached hydrogen (secondary N) is 1. The summed E-state index contributed by atoms with van der Waals surface area (Å²) in [5.74, 6) is -1.29. The highest BCUT2D eigenvalue weighted by atomic mass is 32.2. The molecule has 0 spiro atoms. The van der Waals surface area contributed by atoms with Gasteiger partial charge < -0.3 is 10.2 Å². The van der Waals surface area contributed by atoms with Crippen molar-refractivity contribution >= 4 is 33.2 Å². The average Bonchev–Trinajstić information content (AvgIpc) is 3.20. The molecule has 1 fully saturated rings. The Kier molecular flexibility index (Phi) is 5.81. The standard InChI is InChI=1S/C22H24FN3O4S/c1-15(27)26-13-11-19-20(5-2-6-21(19)26)24-22(28)16-4-3-12-25(14-16)31(29,30)18-9-7-17(23)8-10-18/h2,5-10,16H,3-4,11-14H2,1H3,(H,24,28). The second kappa shape index (κ2) is 8.39. The number of hydrogen-bond acceptors (Lipinski definition) is 4. The van der Waals surface area contributed by atoms with E-state index in [0.717, 1.165) is 23.4 Å². The van der Waals surface area contributed by atoms with E-state index in [1.54, 1.807) is 17.0 Å². The van der Waals surface area contributed by atoms with Gasteiger partial charge in [0.2, 0.25) is 21.8 Å². The highest BCUT2D eigenvalue weighted by Gasteiger charge is 2.34. The van der Waals surface area contributed by atoms with Crippen molar-refractivity contribution in [2.45, 2.75) is 31.1 Å². The molecule has 0 radical (unpaired) electrons. The molecule has 0 bridgehead atoms. The summed E-state index contributed by atoms with van der Waals surface area (Å²) in [6.45, 7) is 2.47. The van der Waals surface area contributed by atoms with Crippen LogP contribution in [-0.2, 0) is 26.0 Å². The van der Waals surface area contributed by atoms with E-state index in [2.05, 4.69) is 5.32 Å². The van der Waals surface area contributed by atoms with Gasteiger partial charge in [-0.15, -0.1) is 0 Å². The Balaban J connectivity index is 1.49. The van der Waals surface area contributed by atoms with Gasteiger partial charge in [-0.3, -0.25) is 9.59 Å². The van der Waals surface area contributed by atoms with E-state index < -0.39 is 21.8 Å². The van der Waals surface area contributed by atoms with Crippen LogP contribution in [0.25, 0.3) is 0 Å².